The number of carbonyl (C=O) groups excluding carboxylic acids is 2. The highest BCUT2D eigenvalue weighted by atomic mass is 16.6. The molecule has 0 bridgehead atoms. The molecular weight excluding hydrogens is 268 g/mol. The number of hydrogen-bond donors (Lipinski definition) is 0. The summed E-state index contributed by atoms with van der Waals surface area (Å²) in [6.45, 7) is 11.3. The molecule has 2 rings (SSSR count). The van der Waals surface area contributed by atoms with Gasteiger partial charge in [0.25, 0.3) is 0 Å². The van der Waals surface area contributed by atoms with Crippen LogP contribution in [0.5, 0.6) is 0 Å². The van der Waals surface area contributed by atoms with Crippen LogP contribution in [-0.4, -0.2) is 24.1 Å². The Balaban J connectivity index is 2.37. The smallest absolute Gasteiger partial charge is 0.334 e. The topological polar surface area (TPSA) is 52.6 Å². The molecule has 0 aromatic carbocycles. The average Bonchev–Trinajstić information content (AvgIpc) is 2.62. The Labute approximate surface area is 125 Å². The molecular formula is C17H22O4. The maximum atomic E-state index is 11.8. The van der Waals surface area contributed by atoms with Crippen molar-refractivity contribution in [2.45, 2.75) is 51.7 Å². The Morgan fingerprint density at radius 2 is 2.10 bits per heavy atom. The second kappa shape index (κ2) is 6.29. The van der Waals surface area contributed by atoms with Gasteiger partial charge in [-0.2, -0.15) is 0 Å². The molecule has 1 fully saturated rings. The zero-order valence-corrected chi connectivity index (χ0v) is 12.7. The number of esters is 2. The van der Waals surface area contributed by atoms with Gasteiger partial charge in [0.05, 0.1) is 5.92 Å². The number of rotatable bonds is 1. The molecule has 0 saturated carbocycles. The molecule has 0 aromatic heterocycles. The number of fused-ring (bicyclic) bond motifs is 1. The van der Waals surface area contributed by atoms with E-state index in [0.717, 1.165) is 30.4 Å². The average molecular weight is 290 g/mol. The standard InChI is InChI=1S/C17H22O4/c1-10-6-5-7-11(2)9-15-16(12(3)17(19)21-15)14(8-10)20-13(4)18/h8,14-16H,2-3,5-7,9H2,1,4H3. The van der Waals surface area contributed by atoms with Crippen LogP contribution in [0.3, 0.4) is 0 Å². The fourth-order valence-electron chi connectivity index (χ4n) is 3.00. The first-order chi connectivity index (χ1) is 9.88. The van der Waals surface area contributed by atoms with Crippen LogP contribution in [-0.2, 0) is 19.1 Å². The van der Waals surface area contributed by atoms with Gasteiger partial charge in [0, 0.05) is 18.9 Å². The van der Waals surface area contributed by atoms with Gasteiger partial charge in [0.15, 0.2) is 0 Å². The van der Waals surface area contributed by atoms with E-state index in [1.807, 2.05) is 13.0 Å². The molecule has 0 amide bonds. The Morgan fingerprint density at radius 3 is 2.76 bits per heavy atom. The van der Waals surface area contributed by atoms with Crippen LogP contribution in [0.2, 0.25) is 0 Å². The predicted octanol–water partition coefficient (Wildman–Crippen LogP) is 3.09. The van der Waals surface area contributed by atoms with Gasteiger partial charge in [-0.15, -0.1) is 0 Å². The second-order valence-electron chi connectivity index (χ2n) is 5.89. The molecule has 21 heavy (non-hydrogen) atoms. The van der Waals surface area contributed by atoms with Gasteiger partial charge in [0.1, 0.15) is 12.2 Å². The highest BCUT2D eigenvalue weighted by Gasteiger charge is 2.44. The lowest BCUT2D eigenvalue weighted by atomic mass is 9.85. The normalized spacial score (nSPS) is 30.3. The molecule has 3 atom stereocenters. The molecule has 114 valence electrons. The number of ether oxygens (including phenoxy) is 2. The molecule has 0 N–H and O–H groups in total. The van der Waals surface area contributed by atoms with Crippen molar-refractivity contribution in [2.24, 2.45) is 5.92 Å². The quantitative estimate of drug-likeness (QED) is 0.423. The first kappa shape index (κ1) is 15.5. The summed E-state index contributed by atoms with van der Waals surface area (Å²) in [5, 5.41) is 0. The fraction of sp³-hybridized carbons (Fsp3) is 0.529. The SMILES string of the molecule is C=C1CCCC(C)=CC(OC(C)=O)C2C(=C)C(=O)OC2C1. The molecule has 4 nitrogen and oxygen atoms in total. The summed E-state index contributed by atoms with van der Waals surface area (Å²) in [5.74, 6) is -1.10. The van der Waals surface area contributed by atoms with E-state index >= 15 is 0 Å². The third-order valence-corrected chi connectivity index (χ3v) is 4.02. The summed E-state index contributed by atoms with van der Waals surface area (Å²) < 4.78 is 10.8. The molecule has 3 unspecified atom stereocenters. The van der Waals surface area contributed by atoms with Gasteiger partial charge in [-0.05, 0) is 32.3 Å². The van der Waals surface area contributed by atoms with Gasteiger partial charge in [0.2, 0.25) is 0 Å². The lowest BCUT2D eigenvalue weighted by molar-refractivity contribution is -0.147. The van der Waals surface area contributed by atoms with Crippen LogP contribution >= 0.6 is 0 Å². The number of carbonyl (C=O) groups is 2. The van der Waals surface area contributed by atoms with Crippen LogP contribution < -0.4 is 0 Å². The molecule has 1 heterocycles. The van der Waals surface area contributed by atoms with E-state index < -0.39 is 12.1 Å². The Hall–Kier alpha value is -1.84. The van der Waals surface area contributed by atoms with Crippen LogP contribution in [0.1, 0.15) is 39.5 Å². The fourth-order valence-corrected chi connectivity index (χ4v) is 3.00. The summed E-state index contributed by atoms with van der Waals surface area (Å²) in [7, 11) is 0. The second-order valence-corrected chi connectivity index (χ2v) is 5.89. The monoisotopic (exact) mass is 290 g/mol. The largest absolute Gasteiger partial charge is 0.458 e. The van der Waals surface area contributed by atoms with Crippen molar-refractivity contribution in [1.29, 1.82) is 0 Å². The van der Waals surface area contributed by atoms with Crippen molar-refractivity contribution in [3.05, 3.63) is 36.0 Å². The van der Waals surface area contributed by atoms with Crippen molar-refractivity contribution in [1.82, 2.24) is 0 Å². The van der Waals surface area contributed by atoms with Gasteiger partial charge in [-0.25, -0.2) is 4.79 Å². The van der Waals surface area contributed by atoms with Crippen molar-refractivity contribution in [3.63, 3.8) is 0 Å². The van der Waals surface area contributed by atoms with Gasteiger partial charge in [-0.3, -0.25) is 4.79 Å². The molecule has 2 aliphatic rings. The highest BCUT2D eigenvalue weighted by Crippen LogP contribution is 2.37. The zero-order chi connectivity index (χ0) is 15.6. The minimum Gasteiger partial charge on any atom is -0.458 e. The minimum atomic E-state index is -0.502. The Kier molecular flexibility index (Phi) is 4.66. The third kappa shape index (κ3) is 3.63. The molecule has 4 heteroatoms. The number of allylic oxidation sites excluding steroid dienone is 1. The van der Waals surface area contributed by atoms with Crippen molar-refractivity contribution >= 4 is 11.9 Å². The number of hydrogen-bond acceptors (Lipinski definition) is 4. The minimum absolute atomic E-state index is 0.328. The molecule has 1 aliphatic heterocycles. The van der Waals surface area contributed by atoms with E-state index in [-0.39, 0.29) is 18.0 Å². The lowest BCUT2D eigenvalue weighted by Gasteiger charge is -2.26. The van der Waals surface area contributed by atoms with Crippen LogP contribution in [0.25, 0.3) is 0 Å². The Bertz CT molecular complexity index is 515. The van der Waals surface area contributed by atoms with E-state index in [1.54, 1.807) is 0 Å². The summed E-state index contributed by atoms with van der Waals surface area (Å²) in [4.78, 5) is 23.2. The van der Waals surface area contributed by atoms with Crippen molar-refractivity contribution < 1.29 is 19.1 Å². The molecule has 0 aromatic rings. The first-order valence-electron chi connectivity index (χ1n) is 7.29. The predicted molar refractivity (Wildman–Crippen MR) is 79.4 cm³/mol. The van der Waals surface area contributed by atoms with Gasteiger partial charge >= 0.3 is 11.9 Å². The zero-order valence-electron chi connectivity index (χ0n) is 12.7. The van der Waals surface area contributed by atoms with E-state index in [9.17, 15) is 9.59 Å². The summed E-state index contributed by atoms with van der Waals surface area (Å²) in [6.07, 6.45) is 4.52. The van der Waals surface area contributed by atoms with Crippen molar-refractivity contribution in [2.75, 3.05) is 0 Å². The molecule has 0 spiro atoms. The van der Waals surface area contributed by atoms with E-state index in [2.05, 4.69) is 13.2 Å². The molecule has 1 saturated heterocycles. The van der Waals surface area contributed by atoms with E-state index in [0.29, 0.717) is 12.0 Å². The maximum absolute atomic E-state index is 11.8. The van der Waals surface area contributed by atoms with Crippen LogP contribution in [0, 0.1) is 5.92 Å². The maximum Gasteiger partial charge on any atom is 0.334 e. The first-order valence-corrected chi connectivity index (χ1v) is 7.29. The third-order valence-electron chi connectivity index (χ3n) is 4.02. The van der Waals surface area contributed by atoms with Gasteiger partial charge in [-0.1, -0.05) is 24.3 Å². The summed E-state index contributed by atoms with van der Waals surface area (Å²) >= 11 is 0. The van der Waals surface area contributed by atoms with Gasteiger partial charge < -0.3 is 9.47 Å². The summed E-state index contributed by atoms with van der Waals surface area (Å²) in [6, 6.07) is 0. The van der Waals surface area contributed by atoms with Crippen LogP contribution in [0.4, 0.5) is 0 Å². The Morgan fingerprint density at radius 1 is 1.38 bits per heavy atom. The highest BCUT2D eigenvalue weighted by molar-refractivity contribution is 5.91. The lowest BCUT2D eigenvalue weighted by Crippen LogP contribution is -2.32. The molecule has 1 aliphatic carbocycles. The van der Waals surface area contributed by atoms with Crippen molar-refractivity contribution in [3.8, 4) is 0 Å². The van der Waals surface area contributed by atoms with Crippen LogP contribution in [0.15, 0.2) is 36.0 Å². The van der Waals surface area contributed by atoms with E-state index in [1.165, 1.54) is 6.92 Å². The summed E-state index contributed by atoms with van der Waals surface area (Å²) in [5.41, 5.74) is 2.58. The molecule has 0 radical (unpaired) electrons. The van der Waals surface area contributed by atoms with E-state index in [4.69, 9.17) is 9.47 Å².